The minimum absolute atomic E-state index is 0.189. The maximum atomic E-state index is 8.92. The summed E-state index contributed by atoms with van der Waals surface area (Å²) in [4.78, 5) is 4.42. The van der Waals surface area contributed by atoms with E-state index in [2.05, 4.69) is 36.4 Å². The van der Waals surface area contributed by atoms with Gasteiger partial charge in [0.25, 0.3) is 0 Å². The van der Waals surface area contributed by atoms with E-state index in [9.17, 15) is 0 Å². The van der Waals surface area contributed by atoms with E-state index in [1.807, 2.05) is 6.92 Å². The maximum Gasteiger partial charge on any atom is 0.191 e. The minimum Gasteiger partial charge on any atom is -0.396 e. The number of aliphatic imine (C=N–C) groups is 1. The Morgan fingerprint density at radius 3 is 2.44 bits per heavy atom. The summed E-state index contributed by atoms with van der Waals surface area (Å²) in [6.07, 6.45) is 1.14. The number of nitrogens with one attached hydrogen (secondary N) is 2. The van der Waals surface area contributed by atoms with Crippen molar-refractivity contribution in [3.05, 3.63) is 0 Å². The molecule has 0 aliphatic rings. The van der Waals surface area contributed by atoms with Crippen molar-refractivity contribution in [2.24, 2.45) is 16.8 Å². The predicted octanol–water partition coefficient (Wildman–Crippen LogP) is 1.22. The third-order valence-corrected chi connectivity index (χ3v) is 2.23. The molecule has 1 atom stereocenters. The van der Waals surface area contributed by atoms with Crippen molar-refractivity contribution in [3.63, 3.8) is 0 Å². The fraction of sp³-hybridized carbons (Fsp3) is 0.917. The van der Waals surface area contributed by atoms with Gasteiger partial charge < -0.3 is 15.7 Å². The van der Waals surface area contributed by atoms with Gasteiger partial charge in [-0.3, -0.25) is 4.99 Å². The Morgan fingerprint density at radius 2 is 1.94 bits per heavy atom. The maximum absolute atomic E-state index is 8.92. The van der Waals surface area contributed by atoms with E-state index in [1.165, 1.54) is 0 Å². The fourth-order valence-corrected chi connectivity index (χ4v) is 1.13. The molecular formula is C12H27N3O. The SMILES string of the molecule is CCNC(=NCC(C)CO)NCCC(C)C. The second-order valence-corrected chi connectivity index (χ2v) is 4.62. The molecule has 0 rings (SSSR count). The first-order chi connectivity index (χ1) is 7.60. The van der Waals surface area contributed by atoms with Gasteiger partial charge in [-0.05, 0) is 25.2 Å². The van der Waals surface area contributed by atoms with Gasteiger partial charge in [0, 0.05) is 26.2 Å². The molecule has 3 N–H and O–H groups in total. The molecule has 0 aliphatic carbocycles. The van der Waals surface area contributed by atoms with Crippen LogP contribution in [-0.2, 0) is 0 Å². The van der Waals surface area contributed by atoms with Crippen molar-refractivity contribution >= 4 is 5.96 Å². The van der Waals surface area contributed by atoms with Gasteiger partial charge in [0.2, 0.25) is 0 Å². The van der Waals surface area contributed by atoms with E-state index < -0.39 is 0 Å². The van der Waals surface area contributed by atoms with E-state index in [-0.39, 0.29) is 12.5 Å². The molecule has 0 amide bonds. The zero-order valence-corrected chi connectivity index (χ0v) is 11.1. The monoisotopic (exact) mass is 229 g/mol. The van der Waals surface area contributed by atoms with Crippen LogP contribution < -0.4 is 10.6 Å². The number of rotatable bonds is 7. The Balaban J connectivity index is 3.94. The third kappa shape index (κ3) is 8.53. The van der Waals surface area contributed by atoms with Gasteiger partial charge in [-0.2, -0.15) is 0 Å². The summed E-state index contributed by atoms with van der Waals surface area (Å²) in [5.74, 6) is 1.77. The number of nitrogens with zero attached hydrogens (tertiary/aromatic N) is 1. The Labute approximate surface area is 99.5 Å². The number of guanidine groups is 1. The van der Waals surface area contributed by atoms with Gasteiger partial charge in [0.05, 0.1) is 0 Å². The van der Waals surface area contributed by atoms with Crippen molar-refractivity contribution < 1.29 is 5.11 Å². The van der Waals surface area contributed by atoms with Gasteiger partial charge in [0.15, 0.2) is 5.96 Å². The lowest BCUT2D eigenvalue weighted by Gasteiger charge is -2.13. The smallest absolute Gasteiger partial charge is 0.191 e. The molecule has 0 aliphatic heterocycles. The molecule has 16 heavy (non-hydrogen) atoms. The molecule has 0 aromatic rings. The summed E-state index contributed by atoms with van der Waals surface area (Å²) in [6, 6.07) is 0. The first-order valence-corrected chi connectivity index (χ1v) is 6.23. The number of hydrogen-bond donors (Lipinski definition) is 3. The van der Waals surface area contributed by atoms with Crippen LogP contribution in [0.2, 0.25) is 0 Å². The van der Waals surface area contributed by atoms with Crippen LogP contribution in [0.4, 0.5) is 0 Å². The number of hydrogen-bond acceptors (Lipinski definition) is 2. The molecule has 0 heterocycles. The fourth-order valence-electron chi connectivity index (χ4n) is 1.13. The topological polar surface area (TPSA) is 56.7 Å². The van der Waals surface area contributed by atoms with Gasteiger partial charge in [-0.15, -0.1) is 0 Å². The zero-order valence-electron chi connectivity index (χ0n) is 11.1. The molecule has 0 bridgehead atoms. The van der Waals surface area contributed by atoms with Crippen LogP contribution in [0.25, 0.3) is 0 Å². The lowest BCUT2D eigenvalue weighted by Crippen LogP contribution is -2.38. The Hall–Kier alpha value is -0.770. The lowest BCUT2D eigenvalue weighted by atomic mass is 10.1. The van der Waals surface area contributed by atoms with E-state index in [1.54, 1.807) is 0 Å². The third-order valence-electron chi connectivity index (χ3n) is 2.23. The summed E-state index contributed by atoms with van der Waals surface area (Å²) in [5, 5.41) is 15.4. The molecule has 0 fully saturated rings. The summed E-state index contributed by atoms with van der Waals surface area (Å²) < 4.78 is 0. The number of aliphatic hydroxyl groups excluding tert-OH is 1. The normalized spacial score (nSPS) is 14.0. The van der Waals surface area contributed by atoms with E-state index in [4.69, 9.17) is 5.11 Å². The van der Waals surface area contributed by atoms with Gasteiger partial charge in [0.1, 0.15) is 0 Å². The molecule has 96 valence electrons. The highest BCUT2D eigenvalue weighted by atomic mass is 16.3. The molecule has 0 aromatic carbocycles. The minimum atomic E-state index is 0.189. The van der Waals surface area contributed by atoms with E-state index in [0.29, 0.717) is 12.5 Å². The van der Waals surface area contributed by atoms with E-state index >= 15 is 0 Å². The van der Waals surface area contributed by atoms with Crippen LogP contribution in [0, 0.1) is 11.8 Å². The highest BCUT2D eigenvalue weighted by Crippen LogP contribution is 1.96. The highest BCUT2D eigenvalue weighted by Gasteiger charge is 2.01. The number of aliphatic hydroxyl groups is 1. The molecular weight excluding hydrogens is 202 g/mol. The summed E-state index contributed by atoms with van der Waals surface area (Å²) in [5.41, 5.74) is 0. The molecule has 0 radical (unpaired) electrons. The molecule has 0 saturated heterocycles. The lowest BCUT2D eigenvalue weighted by molar-refractivity contribution is 0.241. The molecule has 4 heteroatoms. The van der Waals surface area contributed by atoms with Crippen LogP contribution >= 0.6 is 0 Å². The molecule has 0 spiro atoms. The zero-order chi connectivity index (χ0) is 12.4. The predicted molar refractivity (Wildman–Crippen MR) is 69.7 cm³/mol. The second-order valence-electron chi connectivity index (χ2n) is 4.62. The average molecular weight is 229 g/mol. The van der Waals surface area contributed by atoms with Crippen LogP contribution in [-0.4, -0.2) is 37.3 Å². The van der Waals surface area contributed by atoms with Crippen LogP contribution in [0.3, 0.4) is 0 Å². The van der Waals surface area contributed by atoms with Crippen molar-refractivity contribution in [2.45, 2.75) is 34.1 Å². The quantitative estimate of drug-likeness (QED) is 0.454. The van der Waals surface area contributed by atoms with Crippen LogP contribution in [0.5, 0.6) is 0 Å². The molecule has 4 nitrogen and oxygen atoms in total. The molecule has 1 unspecified atom stereocenters. The van der Waals surface area contributed by atoms with E-state index in [0.717, 1.165) is 25.5 Å². The largest absolute Gasteiger partial charge is 0.396 e. The summed E-state index contributed by atoms with van der Waals surface area (Å²) >= 11 is 0. The van der Waals surface area contributed by atoms with Gasteiger partial charge >= 0.3 is 0 Å². The highest BCUT2D eigenvalue weighted by molar-refractivity contribution is 5.79. The Morgan fingerprint density at radius 1 is 1.25 bits per heavy atom. The Bertz CT molecular complexity index is 193. The molecule has 0 aromatic heterocycles. The van der Waals surface area contributed by atoms with Crippen molar-refractivity contribution in [2.75, 3.05) is 26.2 Å². The first kappa shape index (κ1) is 15.2. The van der Waals surface area contributed by atoms with Crippen LogP contribution in [0.1, 0.15) is 34.1 Å². The van der Waals surface area contributed by atoms with Gasteiger partial charge in [-0.25, -0.2) is 0 Å². The summed E-state index contributed by atoms with van der Waals surface area (Å²) in [6.45, 7) is 11.1. The Kier molecular flexibility index (Phi) is 9.00. The van der Waals surface area contributed by atoms with Crippen LogP contribution in [0.15, 0.2) is 4.99 Å². The first-order valence-electron chi connectivity index (χ1n) is 6.23. The molecule has 0 saturated carbocycles. The average Bonchev–Trinajstić information content (AvgIpc) is 2.24. The van der Waals surface area contributed by atoms with Crippen molar-refractivity contribution in [1.82, 2.24) is 10.6 Å². The second kappa shape index (κ2) is 9.46. The standard InChI is InChI=1S/C12H27N3O/c1-5-13-12(14-7-6-10(2)3)15-8-11(4)9-16/h10-11,16H,5-9H2,1-4H3,(H2,13,14,15). The van der Waals surface area contributed by atoms with Crippen molar-refractivity contribution in [1.29, 1.82) is 0 Å². The summed E-state index contributed by atoms with van der Waals surface area (Å²) in [7, 11) is 0. The van der Waals surface area contributed by atoms with Gasteiger partial charge in [-0.1, -0.05) is 20.8 Å². The van der Waals surface area contributed by atoms with Crippen molar-refractivity contribution in [3.8, 4) is 0 Å².